The molecule has 0 aliphatic rings. The molecule has 84 valence electrons. The van der Waals surface area contributed by atoms with E-state index in [1.807, 2.05) is 0 Å². The Morgan fingerprint density at radius 1 is 1.27 bits per heavy atom. The van der Waals surface area contributed by atoms with Gasteiger partial charge in [0.2, 0.25) is 0 Å². The highest BCUT2D eigenvalue weighted by Crippen LogP contribution is 2.24. The first-order valence-electron chi connectivity index (χ1n) is 5.86. The van der Waals surface area contributed by atoms with Crippen LogP contribution in [0, 0.1) is 0 Å². The predicted molar refractivity (Wildman–Crippen MR) is 71.9 cm³/mol. The van der Waals surface area contributed by atoms with E-state index in [1.54, 1.807) is 0 Å². The predicted octanol–water partition coefficient (Wildman–Crippen LogP) is 4.92. The van der Waals surface area contributed by atoms with Crippen LogP contribution in [0.15, 0.2) is 24.3 Å². The summed E-state index contributed by atoms with van der Waals surface area (Å²) in [5.41, 5.74) is 2.95. The molecule has 0 saturated carbocycles. The van der Waals surface area contributed by atoms with E-state index in [9.17, 15) is 0 Å². The summed E-state index contributed by atoms with van der Waals surface area (Å²) >= 11 is 3.62. The lowest BCUT2D eigenvalue weighted by Crippen LogP contribution is -2.01. The summed E-state index contributed by atoms with van der Waals surface area (Å²) in [6.45, 7) is 6.76. The molecule has 2 unspecified atom stereocenters. The van der Waals surface area contributed by atoms with Crippen molar-refractivity contribution in [2.24, 2.45) is 0 Å². The Labute approximate surface area is 102 Å². The van der Waals surface area contributed by atoms with Crippen molar-refractivity contribution in [1.82, 2.24) is 0 Å². The van der Waals surface area contributed by atoms with Crippen LogP contribution >= 0.6 is 15.9 Å². The molecule has 2 atom stereocenters. The fourth-order valence-corrected chi connectivity index (χ4v) is 2.53. The molecule has 1 aromatic rings. The fraction of sp³-hybridized carbons (Fsp3) is 0.571. The quantitative estimate of drug-likeness (QED) is 0.666. The first-order valence-corrected chi connectivity index (χ1v) is 6.78. The van der Waals surface area contributed by atoms with Crippen molar-refractivity contribution in [3.63, 3.8) is 0 Å². The van der Waals surface area contributed by atoms with Crippen molar-refractivity contribution in [2.75, 3.05) is 0 Å². The van der Waals surface area contributed by atoms with Crippen molar-refractivity contribution in [3.05, 3.63) is 35.4 Å². The van der Waals surface area contributed by atoms with E-state index >= 15 is 0 Å². The van der Waals surface area contributed by atoms with Gasteiger partial charge in [-0.15, -0.1) is 0 Å². The zero-order valence-electron chi connectivity index (χ0n) is 9.96. The molecule has 0 spiro atoms. The lowest BCUT2D eigenvalue weighted by atomic mass is 9.94. The Hall–Kier alpha value is -0.300. The maximum atomic E-state index is 3.62. The van der Waals surface area contributed by atoms with Crippen LogP contribution in [0.25, 0.3) is 0 Å². The van der Waals surface area contributed by atoms with E-state index in [2.05, 4.69) is 61.0 Å². The number of hydrogen-bond donors (Lipinski definition) is 0. The summed E-state index contributed by atoms with van der Waals surface area (Å²) < 4.78 is 0. The number of alkyl halides is 1. The maximum absolute atomic E-state index is 3.62. The first kappa shape index (κ1) is 12.8. The Morgan fingerprint density at radius 2 is 2.00 bits per heavy atom. The van der Waals surface area contributed by atoms with Crippen LogP contribution in [0.5, 0.6) is 0 Å². The molecule has 0 radical (unpaired) electrons. The molecule has 0 saturated heterocycles. The van der Waals surface area contributed by atoms with E-state index in [0.29, 0.717) is 10.7 Å². The first-order chi connectivity index (χ1) is 7.13. The molecule has 0 aliphatic heterocycles. The second kappa shape index (κ2) is 6.32. The summed E-state index contributed by atoms with van der Waals surface area (Å²) in [6.07, 6.45) is 3.63. The van der Waals surface area contributed by atoms with E-state index in [4.69, 9.17) is 0 Å². The standard InChI is InChI=1S/C14H21Br/c1-4-6-13-7-5-8-14(10-13)11(2)9-12(3)15/h5,7-8,10-12H,4,6,9H2,1-3H3. The van der Waals surface area contributed by atoms with Crippen molar-refractivity contribution < 1.29 is 0 Å². The topological polar surface area (TPSA) is 0 Å². The minimum absolute atomic E-state index is 0.599. The van der Waals surface area contributed by atoms with Gasteiger partial charge in [-0.3, -0.25) is 0 Å². The van der Waals surface area contributed by atoms with Gasteiger partial charge in [-0.25, -0.2) is 0 Å². The third kappa shape index (κ3) is 4.38. The molecule has 0 amide bonds. The van der Waals surface area contributed by atoms with E-state index in [-0.39, 0.29) is 0 Å². The highest BCUT2D eigenvalue weighted by molar-refractivity contribution is 9.09. The zero-order chi connectivity index (χ0) is 11.3. The molecule has 1 rings (SSSR count). The van der Waals surface area contributed by atoms with Crippen molar-refractivity contribution in [3.8, 4) is 0 Å². The van der Waals surface area contributed by atoms with Gasteiger partial charge >= 0.3 is 0 Å². The molecule has 0 bridgehead atoms. The van der Waals surface area contributed by atoms with Gasteiger partial charge in [-0.1, -0.05) is 67.4 Å². The van der Waals surface area contributed by atoms with Gasteiger partial charge in [0.1, 0.15) is 0 Å². The van der Waals surface area contributed by atoms with Gasteiger partial charge in [-0.05, 0) is 29.9 Å². The lowest BCUT2D eigenvalue weighted by molar-refractivity contribution is 0.680. The van der Waals surface area contributed by atoms with E-state index in [1.165, 1.54) is 30.4 Å². The number of benzene rings is 1. The van der Waals surface area contributed by atoms with Gasteiger partial charge in [-0.2, -0.15) is 0 Å². The van der Waals surface area contributed by atoms with Gasteiger partial charge < -0.3 is 0 Å². The van der Waals surface area contributed by atoms with Crippen LogP contribution < -0.4 is 0 Å². The zero-order valence-corrected chi connectivity index (χ0v) is 11.5. The molecule has 0 aliphatic carbocycles. The molecule has 1 heteroatoms. The molecule has 15 heavy (non-hydrogen) atoms. The van der Waals surface area contributed by atoms with Gasteiger partial charge in [0.05, 0.1) is 0 Å². The van der Waals surface area contributed by atoms with Crippen LogP contribution in [-0.4, -0.2) is 4.83 Å². The van der Waals surface area contributed by atoms with Crippen molar-refractivity contribution >= 4 is 15.9 Å². The largest absolute Gasteiger partial charge is 0.0893 e. The van der Waals surface area contributed by atoms with Gasteiger partial charge in [0, 0.05) is 4.83 Å². The molecule has 1 aromatic carbocycles. The average molecular weight is 269 g/mol. The number of rotatable bonds is 5. The van der Waals surface area contributed by atoms with Gasteiger partial charge in [0.15, 0.2) is 0 Å². The SMILES string of the molecule is CCCc1cccc(C(C)CC(C)Br)c1. The van der Waals surface area contributed by atoms with E-state index in [0.717, 1.165) is 0 Å². The number of aryl methyl sites for hydroxylation is 1. The molecule has 0 fully saturated rings. The fourth-order valence-electron chi connectivity index (χ4n) is 1.97. The van der Waals surface area contributed by atoms with Crippen LogP contribution in [0.2, 0.25) is 0 Å². The Balaban J connectivity index is 2.71. The summed E-state index contributed by atoms with van der Waals surface area (Å²) in [4.78, 5) is 0.599. The normalized spacial score (nSPS) is 14.9. The molecule has 0 heterocycles. The van der Waals surface area contributed by atoms with Crippen LogP contribution in [0.4, 0.5) is 0 Å². The smallest absolute Gasteiger partial charge is 0.0123 e. The second-order valence-electron chi connectivity index (χ2n) is 4.41. The minimum Gasteiger partial charge on any atom is -0.0893 e. The molecule has 0 nitrogen and oxygen atoms in total. The Morgan fingerprint density at radius 3 is 2.60 bits per heavy atom. The van der Waals surface area contributed by atoms with E-state index < -0.39 is 0 Å². The Kier molecular flexibility index (Phi) is 5.38. The summed E-state index contributed by atoms with van der Waals surface area (Å²) in [5, 5.41) is 0. The lowest BCUT2D eigenvalue weighted by Gasteiger charge is -2.14. The second-order valence-corrected chi connectivity index (χ2v) is 5.98. The molecular weight excluding hydrogens is 248 g/mol. The third-order valence-corrected chi connectivity index (χ3v) is 3.11. The Bertz CT molecular complexity index is 291. The highest BCUT2D eigenvalue weighted by atomic mass is 79.9. The van der Waals surface area contributed by atoms with Crippen LogP contribution in [0.3, 0.4) is 0 Å². The highest BCUT2D eigenvalue weighted by Gasteiger charge is 2.08. The average Bonchev–Trinajstić information content (AvgIpc) is 2.17. The number of hydrogen-bond acceptors (Lipinski definition) is 0. The summed E-state index contributed by atoms with van der Waals surface area (Å²) in [7, 11) is 0. The molecular formula is C14H21Br. The minimum atomic E-state index is 0.599. The van der Waals surface area contributed by atoms with Gasteiger partial charge in [0.25, 0.3) is 0 Å². The monoisotopic (exact) mass is 268 g/mol. The van der Waals surface area contributed by atoms with Crippen molar-refractivity contribution in [2.45, 2.75) is 50.8 Å². The summed E-state index contributed by atoms with van der Waals surface area (Å²) in [5.74, 6) is 0.649. The van der Waals surface area contributed by atoms with Crippen LogP contribution in [-0.2, 0) is 6.42 Å². The van der Waals surface area contributed by atoms with Crippen molar-refractivity contribution in [1.29, 1.82) is 0 Å². The maximum Gasteiger partial charge on any atom is 0.0123 e. The molecule has 0 aromatic heterocycles. The molecule has 0 N–H and O–H groups in total. The van der Waals surface area contributed by atoms with Crippen LogP contribution in [0.1, 0.15) is 50.7 Å². The number of halogens is 1. The summed E-state index contributed by atoms with van der Waals surface area (Å²) in [6, 6.07) is 9.04. The third-order valence-electron chi connectivity index (χ3n) is 2.74.